The van der Waals surface area contributed by atoms with Crippen molar-refractivity contribution in [2.24, 2.45) is 0 Å². The van der Waals surface area contributed by atoms with E-state index in [1.165, 1.54) is 0 Å². The largest absolute Gasteiger partial charge is 0.255 e. The van der Waals surface area contributed by atoms with Gasteiger partial charge in [-0.2, -0.15) is 15.1 Å². The Morgan fingerprint density at radius 3 is 2.89 bits per heavy atom. The molecule has 0 aliphatic rings. The van der Waals surface area contributed by atoms with Crippen LogP contribution >= 0.6 is 22.9 Å². The van der Waals surface area contributed by atoms with Crippen LogP contribution in [0.15, 0.2) is 30.0 Å². The number of nitrogens with zero attached hydrogens (tertiary/aromatic N) is 6. The summed E-state index contributed by atoms with van der Waals surface area (Å²) in [6.45, 7) is 0. The Hall–Kier alpha value is -1.86. The van der Waals surface area contributed by atoms with Gasteiger partial charge in [-0.25, -0.2) is 14.6 Å². The minimum Gasteiger partial charge on any atom is -0.249 e. The monoisotopic (exact) mass is 278 g/mol. The van der Waals surface area contributed by atoms with E-state index >= 15 is 0 Å². The molecule has 3 rings (SSSR count). The summed E-state index contributed by atoms with van der Waals surface area (Å²) in [4.78, 5) is 16.6. The SMILES string of the molecule is Clc1nc(Cc2nccs2)nc(-n2cccn2)n1. The summed E-state index contributed by atoms with van der Waals surface area (Å²) in [5, 5.41) is 7.06. The normalized spacial score (nSPS) is 10.7. The maximum Gasteiger partial charge on any atom is 0.255 e. The van der Waals surface area contributed by atoms with Crippen LogP contribution in [0.5, 0.6) is 0 Å². The molecule has 0 aliphatic heterocycles. The molecule has 0 saturated carbocycles. The van der Waals surface area contributed by atoms with Crippen LogP contribution in [0.3, 0.4) is 0 Å². The molecule has 0 spiro atoms. The van der Waals surface area contributed by atoms with E-state index in [1.807, 2.05) is 5.38 Å². The van der Waals surface area contributed by atoms with Crippen LogP contribution in [0.1, 0.15) is 10.8 Å². The maximum atomic E-state index is 5.89. The molecule has 0 unspecified atom stereocenters. The average molecular weight is 279 g/mol. The number of hydrogen-bond acceptors (Lipinski definition) is 6. The van der Waals surface area contributed by atoms with Gasteiger partial charge in [0.05, 0.1) is 6.42 Å². The minimum absolute atomic E-state index is 0.155. The number of thiazole rings is 1. The Kier molecular flexibility index (Phi) is 2.99. The van der Waals surface area contributed by atoms with Gasteiger partial charge < -0.3 is 0 Å². The van der Waals surface area contributed by atoms with E-state index in [9.17, 15) is 0 Å². The van der Waals surface area contributed by atoms with Crippen LogP contribution in [-0.4, -0.2) is 29.7 Å². The highest BCUT2D eigenvalue weighted by Gasteiger charge is 2.08. The van der Waals surface area contributed by atoms with Gasteiger partial charge in [-0.15, -0.1) is 11.3 Å². The van der Waals surface area contributed by atoms with Crippen LogP contribution in [0.4, 0.5) is 0 Å². The first-order chi connectivity index (χ1) is 8.81. The van der Waals surface area contributed by atoms with Gasteiger partial charge in [0, 0.05) is 24.0 Å². The van der Waals surface area contributed by atoms with E-state index in [1.54, 1.807) is 40.7 Å². The lowest BCUT2D eigenvalue weighted by atomic mass is 10.4. The molecule has 0 bridgehead atoms. The topological polar surface area (TPSA) is 69.4 Å². The van der Waals surface area contributed by atoms with Gasteiger partial charge in [-0.3, -0.25) is 0 Å². The molecule has 8 heteroatoms. The van der Waals surface area contributed by atoms with E-state index in [0.29, 0.717) is 18.2 Å². The first-order valence-corrected chi connectivity index (χ1v) is 6.36. The van der Waals surface area contributed by atoms with Gasteiger partial charge in [-0.1, -0.05) is 0 Å². The fraction of sp³-hybridized carbons (Fsp3) is 0.100. The zero-order valence-corrected chi connectivity index (χ0v) is 10.6. The van der Waals surface area contributed by atoms with Gasteiger partial charge in [0.25, 0.3) is 5.95 Å². The van der Waals surface area contributed by atoms with Crippen LogP contribution in [-0.2, 0) is 6.42 Å². The third-order valence-corrected chi connectivity index (χ3v) is 3.09. The molecule has 6 nitrogen and oxygen atoms in total. The molecule has 3 aromatic heterocycles. The van der Waals surface area contributed by atoms with Crippen molar-refractivity contribution < 1.29 is 0 Å². The summed E-state index contributed by atoms with van der Waals surface area (Å²) in [6, 6.07) is 1.79. The molecule has 0 aliphatic carbocycles. The number of rotatable bonds is 3. The van der Waals surface area contributed by atoms with Crippen LogP contribution < -0.4 is 0 Å². The minimum atomic E-state index is 0.155. The maximum absolute atomic E-state index is 5.89. The lowest BCUT2D eigenvalue weighted by Gasteiger charge is -2.02. The van der Waals surface area contributed by atoms with E-state index in [2.05, 4.69) is 25.0 Å². The predicted octanol–water partition coefficient (Wildman–Crippen LogP) is 1.76. The Morgan fingerprint density at radius 2 is 2.17 bits per heavy atom. The van der Waals surface area contributed by atoms with Gasteiger partial charge in [0.15, 0.2) is 0 Å². The van der Waals surface area contributed by atoms with Gasteiger partial charge in [0.2, 0.25) is 5.28 Å². The van der Waals surface area contributed by atoms with Crippen LogP contribution in [0.25, 0.3) is 5.95 Å². The first kappa shape index (κ1) is 11.2. The zero-order valence-electron chi connectivity index (χ0n) is 9.06. The highest BCUT2D eigenvalue weighted by molar-refractivity contribution is 7.09. The Morgan fingerprint density at radius 1 is 1.22 bits per heavy atom. The fourth-order valence-electron chi connectivity index (χ4n) is 1.42. The zero-order chi connectivity index (χ0) is 12.4. The smallest absolute Gasteiger partial charge is 0.249 e. The molecule has 3 aromatic rings. The Balaban J connectivity index is 1.96. The van der Waals surface area contributed by atoms with Crippen molar-refractivity contribution in [3.05, 3.63) is 46.2 Å². The molecule has 0 saturated heterocycles. The summed E-state index contributed by atoms with van der Waals surface area (Å²) in [7, 11) is 0. The van der Waals surface area contributed by atoms with Crippen LogP contribution in [0.2, 0.25) is 5.28 Å². The second-order valence-electron chi connectivity index (χ2n) is 3.37. The lowest BCUT2D eigenvalue weighted by Crippen LogP contribution is -2.07. The van der Waals surface area contributed by atoms with Crippen molar-refractivity contribution in [3.63, 3.8) is 0 Å². The van der Waals surface area contributed by atoms with Gasteiger partial charge in [-0.05, 0) is 17.7 Å². The van der Waals surface area contributed by atoms with Crippen LogP contribution in [0, 0.1) is 0 Å². The van der Waals surface area contributed by atoms with Crippen molar-refractivity contribution in [1.82, 2.24) is 29.7 Å². The molecule has 0 amide bonds. The second kappa shape index (κ2) is 4.79. The molecular formula is C10H7ClN6S. The third-order valence-electron chi connectivity index (χ3n) is 2.14. The van der Waals surface area contributed by atoms with Crippen molar-refractivity contribution >= 4 is 22.9 Å². The Bertz CT molecular complexity index is 636. The summed E-state index contributed by atoms with van der Waals surface area (Å²) in [6.07, 6.45) is 5.68. The van der Waals surface area contributed by atoms with Gasteiger partial charge >= 0.3 is 0 Å². The summed E-state index contributed by atoms with van der Waals surface area (Å²) in [5.74, 6) is 0.988. The number of hydrogen-bond donors (Lipinski definition) is 0. The highest BCUT2D eigenvalue weighted by Crippen LogP contribution is 2.11. The van der Waals surface area contributed by atoms with Gasteiger partial charge in [0.1, 0.15) is 10.8 Å². The number of aromatic nitrogens is 6. The fourth-order valence-corrected chi connectivity index (χ4v) is 2.21. The lowest BCUT2D eigenvalue weighted by molar-refractivity contribution is 0.772. The molecule has 18 heavy (non-hydrogen) atoms. The van der Waals surface area contributed by atoms with E-state index in [4.69, 9.17) is 11.6 Å². The molecule has 3 heterocycles. The Labute approximate surface area is 111 Å². The molecule has 0 radical (unpaired) electrons. The highest BCUT2D eigenvalue weighted by atomic mass is 35.5. The van der Waals surface area contributed by atoms with Crippen molar-refractivity contribution in [1.29, 1.82) is 0 Å². The second-order valence-corrected chi connectivity index (χ2v) is 4.69. The van der Waals surface area contributed by atoms with E-state index in [-0.39, 0.29) is 5.28 Å². The third kappa shape index (κ3) is 2.36. The van der Waals surface area contributed by atoms with E-state index in [0.717, 1.165) is 5.01 Å². The van der Waals surface area contributed by atoms with Crippen molar-refractivity contribution in [2.75, 3.05) is 0 Å². The summed E-state index contributed by atoms with van der Waals surface area (Å²) < 4.78 is 1.54. The standard InChI is InChI=1S/C10H7ClN6S/c11-9-14-7(6-8-12-3-5-18-8)15-10(16-9)17-4-1-2-13-17/h1-5H,6H2. The van der Waals surface area contributed by atoms with Crippen molar-refractivity contribution in [3.8, 4) is 5.95 Å². The molecule has 0 atom stereocenters. The molecule has 0 fully saturated rings. The first-order valence-electron chi connectivity index (χ1n) is 5.10. The molecule has 0 N–H and O–H groups in total. The average Bonchev–Trinajstić information content (AvgIpc) is 3.00. The summed E-state index contributed by atoms with van der Waals surface area (Å²) >= 11 is 7.44. The van der Waals surface area contributed by atoms with E-state index < -0.39 is 0 Å². The quantitative estimate of drug-likeness (QED) is 0.730. The van der Waals surface area contributed by atoms with Crippen molar-refractivity contribution in [2.45, 2.75) is 6.42 Å². The molecule has 0 aromatic carbocycles. The summed E-state index contributed by atoms with van der Waals surface area (Å²) in [5.41, 5.74) is 0. The molecule has 90 valence electrons. The predicted molar refractivity (Wildman–Crippen MR) is 66.9 cm³/mol. The molecular weight excluding hydrogens is 272 g/mol. The number of halogens is 1.